The largest absolute Gasteiger partial charge is 0.493 e. The summed E-state index contributed by atoms with van der Waals surface area (Å²) in [5, 5.41) is 0. The van der Waals surface area contributed by atoms with E-state index in [2.05, 4.69) is 0 Å². The standard InChI is InChI=1S/C16H24O3/c1-6-18-14-11-9-8-10-13(14)15(17)16(5,12(3)4)19-7-2/h8-12H,6-7H2,1-5H3. The van der Waals surface area contributed by atoms with Crippen LogP contribution in [0.15, 0.2) is 24.3 Å². The fraction of sp³-hybridized carbons (Fsp3) is 0.562. The van der Waals surface area contributed by atoms with Gasteiger partial charge in [-0.15, -0.1) is 0 Å². The minimum Gasteiger partial charge on any atom is -0.493 e. The van der Waals surface area contributed by atoms with E-state index in [1.165, 1.54) is 0 Å². The molecule has 0 aliphatic carbocycles. The van der Waals surface area contributed by atoms with Crippen LogP contribution in [0.5, 0.6) is 5.75 Å². The van der Waals surface area contributed by atoms with Gasteiger partial charge in [-0.3, -0.25) is 4.79 Å². The number of carbonyl (C=O) groups is 1. The molecule has 3 nitrogen and oxygen atoms in total. The summed E-state index contributed by atoms with van der Waals surface area (Å²) in [7, 11) is 0. The van der Waals surface area contributed by atoms with E-state index in [0.29, 0.717) is 24.5 Å². The molecule has 0 N–H and O–H groups in total. The Kier molecular flexibility index (Phi) is 5.55. The summed E-state index contributed by atoms with van der Waals surface area (Å²) in [5.74, 6) is 0.699. The maximum absolute atomic E-state index is 12.8. The van der Waals surface area contributed by atoms with Crippen LogP contribution in [-0.4, -0.2) is 24.6 Å². The monoisotopic (exact) mass is 264 g/mol. The van der Waals surface area contributed by atoms with Crippen LogP contribution in [-0.2, 0) is 4.74 Å². The molecule has 0 bridgehead atoms. The van der Waals surface area contributed by atoms with Crippen molar-refractivity contribution in [2.24, 2.45) is 5.92 Å². The summed E-state index contributed by atoms with van der Waals surface area (Å²) in [6.45, 7) is 10.7. The average Bonchev–Trinajstić information content (AvgIpc) is 2.39. The number of hydrogen-bond donors (Lipinski definition) is 0. The zero-order valence-electron chi connectivity index (χ0n) is 12.5. The van der Waals surface area contributed by atoms with E-state index in [0.717, 1.165) is 0 Å². The van der Waals surface area contributed by atoms with Gasteiger partial charge in [0.2, 0.25) is 0 Å². The summed E-state index contributed by atoms with van der Waals surface area (Å²) in [4.78, 5) is 12.8. The Morgan fingerprint density at radius 3 is 2.37 bits per heavy atom. The zero-order chi connectivity index (χ0) is 14.5. The van der Waals surface area contributed by atoms with Crippen LogP contribution in [0.4, 0.5) is 0 Å². The van der Waals surface area contributed by atoms with Crippen molar-refractivity contribution in [3.8, 4) is 5.75 Å². The van der Waals surface area contributed by atoms with E-state index in [4.69, 9.17) is 9.47 Å². The van der Waals surface area contributed by atoms with Crippen LogP contribution in [0.3, 0.4) is 0 Å². The lowest BCUT2D eigenvalue weighted by Gasteiger charge is -2.32. The quantitative estimate of drug-likeness (QED) is 0.704. The first-order valence-electron chi connectivity index (χ1n) is 6.87. The van der Waals surface area contributed by atoms with Crippen molar-refractivity contribution in [3.05, 3.63) is 29.8 Å². The van der Waals surface area contributed by atoms with E-state index >= 15 is 0 Å². The molecule has 1 aromatic carbocycles. The number of rotatable bonds is 7. The molecule has 1 aromatic rings. The number of ether oxygens (including phenoxy) is 2. The van der Waals surface area contributed by atoms with Gasteiger partial charge >= 0.3 is 0 Å². The molecule has 0 aliphatic rings. The molecule has 0 heterocycles. The minimum atomic E-state index is -0.818. The van der Waals surface area contributed by atoms with Crippen LogP contribution >= 0.6 is 0 Å². The molecule has 0 radical (unpaired) electrons. The summed E-state index contributed by atoms with van der Waals surface area (Å²) >= 11 is 0. The van der Waals surface area contributed by atoms with Crippen LogP contribution < -0.4 is 4.74 Å². The Morgan fingerprint density at radius 1 is 1.21 bits per heavy atom. The van der Waals surface area contributed by atoms with Crippen molar-refractivity contribution in [2.75, 3.05) is 13.2 Å². The van der Waals surface area contributed by atoms with Crippen molar-refractivity contribution >= 4 is 5.78 Å². The maximum Gasteiger partial charge on any atom is 0.198 e. The van der Waals surface area contributed by atoms with Crippen molar-refractivity contribution in [2.45, 2.75) is 40.2 Å². The third kappa shape index (κ3) is 3.35. The maximum atomic E-state index is 12.8. The molecule has 0 amide bonds. The number of carbonyl (C=O) groups excluding carboxylic acids is 1. The van der Waals surface area contributed by atoms with Gasteiger partial charge in [-0.2, -0.15) is 0 Å². The van der Waals surface area contributed by atoms with E-state index < -0.39 is 5.60 Å². The fourth-order valence-electron chi connectivity index (χ4n) is 2.00. The lowest BCUT2D eigenvalue weighted by atomic mass is 9.84. The zero-order valence-corrected chi connectivity index (χ0v) is 12.5. The first kappa shape index (κ1) is 15.7. The van der Waals surface area contributed by atoms with Gasteiger partial charge in [-0.05, 0) is 38.8 Å². The van der Waals surface area contributed by atoms with Crippen LogP contribution in [0.2, 0.25) is 0 Å². The van der Waals surface area contributed by atoms with E-state index in [9.17, 15) is 4.79 Å². The SMILES string of the molecule is CCOc1ccccc1C(=O)C(C)(OCC)C(C)C. The Bertz CT molecular complexity index is 426. The van der Waals surface area contributed by atoms with Gasteiger partial charge in [0.15, 0.2) is 5.78 Å². The van der Waals surface area contributed by atoms with Gasteiger partial charge in [0.05, 0.1) is 12.2 Å². The molecule has 0 fully saturated rings. The van der Waals surface area contributed by atoms with Gasteiger partial charge in [0.25, 0.3) is 0 Å². The van der Waals surface area contributed by atoms with E-state index in [1.54, 1.807) is 6.07 Å². The highest BCUT2D eigenvalue weighted by molar-refractivity contribution is 6.04. The van der Waals surface area contributed by atoms with Crippen molar-refractivity contribution in [1.82, 2.24) is 0 Å². The third-order valence-electron chi connectivity index (χ3n) is 3.43. The van der Waals surface area contributed by atoms with Crippen molar-refractivity contribution in [3.63, 3.8) is 0 Å². The number of ketones is 1. The Balaban J connectivity index is 3.17. The molecule has 3 heteroatoms. The summed E-state index contributed by atoms with van der Waals surface area (Å²) in [5.41, 5.74) is -0.226. The number of Topliss-reactive ketones (excluding diaryl/α,β-unsaturated/α-hetero) is 1. The minimum absolute atomic E-state index is 0.0200. The molecule has 0 spiro atoms. The Morgan fingerprint density at radius 2 is 1.84 bits per heavy atom. The van der Waals surface area contributed by atoms with Crippen molar-refractivity contribution in [1.29, 1.82) is 0 Å². The van der Waals surface area contributed by atoms with Crippen LogP contribution in [0.25, 0.3) is 0 Å². The molecule has 19 heavy (non-hydrogen) atoms. The topological polar surface area (TPSA) is 35.5 Å². The molecule has 0 aliphatic heterocycles. The van der Waals surface area contributed by atoms with E-state index in [1.807, 2.05) is 52.8 Å². The summed E-state index contributed by atoms with van der Waals surface area (Å²) < 4.78 is 11.3. The highest BCUT2D eigenvalue weighted by atomic mass is 16.5. The fourth-order valence-corrected chi connectivity index (χ4v) is 2.00. The van der Waals surface area contributed by atoms with Crippen LogP contribution in [0.1, 0.15) is 45.0 Å². The second kappa shape index (κ2) is 6.71. The summed E-state index contributed by atoms with van der Waals surface area (Å²) in [6, 6.07) is 7.34. The lowest BCUT2D eigenvalue weighted by molar-refractivity contribution is -0.0360. The van der Waals surface area contributed by atoms with Gasteiger partial charge in [0.1, 0.15) is 11.4 Å². The molecule has 0 saturated heterocycles. The van der Waals surface area contributed by atoms with Gasteiger partial charge < -0.3 is 9.47 Å². The molecule has 1 unspecified atom stereocenters. The normalized spacial score (nSPS) is 14.2. The molecule has 106 valence electrons. The predicted octanol–water partition coefficient (Wildman–Crippen LogP) is 3.72. The third-order valence-corrected chi connectivity index (χ3v) is 3.43. The van der Waals surface area contributed by atoms with Gasteiger partial charge in [0, 0.05) is 6.61 Å². The highest BCUT2D eigenvalue weighted by Crippen LogP contribution is 2.30. The predicted molar refractivity (Wildman–Crippen MR) is 76.8 cm³/mol. The molecule has 1 atom stereocenters. The summed E-state index contributed by atoms with van der Waals surface area (Å²) in [6.07, 6.45) is 0. The molecule has 0 saturated carbocycles. The van der Waals surface area contributed by atoms with Gasteiger partial charge in [-0.25, -0.2) is 0 Å². The smallest absolute Gasteiger partial charge is 0.198 e. The average molecular weight is 264 g/mol. The first-order valence-corrected chi connectivity index (χ1v) is 6.87. The molecular formula is C16H24O3. The van der Waals surface area contributed by atoms with Crippen molar-refractivity contribution < 1.29 is 14.3 Å². The van der Waals surface area contributed by atoms with Crippen LogP contribution in [0, 0.1) is 5.92 Å². The highest BCUT2D eigenvalue weighted by Gasteiger charge is 2.39. The molecular weight excluding hydrogens is 240 g/mol. The number of benzene rings is 1. The number of para-hydroxylation sites is 1. The second-order valence-corrected chi connectivity index (χ2v) is 4.95. The lowest BCUT2D eigenvalue weighted by Crippen LogP contribution is -2.43. The second-order valence-electron chi connectivity index (χ2n) is 4.95. The van der Waals surface area contributed by atoms with Gasteiger partial charge in [-0.1, -0.05) is 26.0 Å². The Hall–Kier alpha value is -1.35. The van der Waals surface area contributed by atoms with E-state index in [-0.39, 0.29) is 11.7 Å². The molecule has 1 rings (SSSR count). The Labute approximate surface area is 115 Å². The number of hydrogen-bond acceptors (Lipinski definition) is 3. The molecule has 0 aromatic heterocycles. The first-order chi connectivity index (χ1) is 8.97.